The molecule has 0 atom stereocenters. The molecule has 2 aromatic heterocycles. The predicted octanol–water partition coefficient (Wildman–Crippen LogP) is 5.23. The zero-order valence-electron chi connectivity index (χ0n) is 15.1. The lowest BCUT2D eigenvalue weighted by atomic mass is 10.2. The lowest BCUT2D eigenvalue weighted by Crippen LogP contribution is -2.19. The second-order valence-electron chi connectivity index (χ2n) is 6.42. The largest absolute Gasteiger partial charge is 0.356 e. The number of thiophene rings is 1. The Morgan fingerprint density at radius 1 is 1.30 bits per heavy atom. The maximum Gasteiger partial charge on any atom is 0.265 e. The molecule has 0 spiro atoms. The summed E-state index contributed by atoms with van der Waals surface area (Å²) < 4.78 is 0. The number of hydrogen-bond donors (Lipinski definition) is 1. The van der Waals surface area contributed by atoms with E-state index in [1.807, 2.05) is 37.4 Å². The van der Waals surface area contributed by atoms with E-state index in [1.165, 1.54) is 35.9 Å². The van der Waals surface area contributed by atoms with E-state index in [4.69, 9.17) is 16.6 Å². The Morgan fingerprint density at radius 2 is 2.07 bits per heavy atom. The molecule has 1 aliphatic heterocycles. The van der Waals surface area contributed by atoms with E-state index in [1.54, 1.807) is 0 Å². The highest BCUT2D eigenvalue weighted by Crippen LogP contribution is 2.34. The Labute approximate surface area is 171 Å². The molecule has 5 nitrogen and oxygen atoms in total. The quantitative estimate of drug-likeness (QED) is 0.464. The van der Waals surface area contributed by atoms with Gasteiger partial charge in [-0.15, -0.1) is 11.3 Å². The van der Waals surface area contributed by atoms with Crippen LogP contribution in [-0.4, -0.2) is 35.2 Å². The molecule has 0 saturated carbocycles. The highest BCUT2D eigenvalue weighted by molar-refractivity contribution is 7.98. The van der Waals surface area contributed by atoms with E-state index in [9.17, 15) is 4.79 Å². The summed E-state index contributed by atoms with van der Waals surface area (Å²) in [6, 6.07) is 7.41. The minimum Gasteiger partial charge on any atom is -0.356 e. The predicted molar refractivity (Wildman–Crippen MR) is 115 cm³/mol. The maximum atomic E-state index is 12.8. The molecule has 3 heterocycles. The van der Waals surface area contributed by atoms with Gasteiger partial charge in [0.05, 0.1) is 10.3 Å². The summed E-state index contributed by atoms with van der Waals surface area (Å²) in [5.74, 6) is 0.789. The highest BCUT2D eigenvalue weighted by atomic mass is 35.5. The molecule has 140 valence electrons. The van der Waals surface area contributed by atoms with Gasteiger partial charge in [0.2, 0.25) is 0 Å². The van der Waals surface area contributed by atoms with Crippen LogP contribution in [0.5, 0.6) is 0 Å². The summed E-state index contributed by atoms with van der Waals surface area (Å²) in [5, 5.41) is 5.29. The van der Waals surface area contributed by atoms with Gasteiger partial charge < -0.3 is 10.2 Å². The lowest BCUT2D eigenvalue weighted by molar-refractivity contribution is 0.103. The average Bonchev–Trinajstić information content (AvgIpc) is 3.34. The van der Waals surface area contributed by atoms with Gasteiger partial charge in [-0.05, 0) is 49.8 Å². The molecule has 1 N–H and O–H groups in total. The van der Waals surface area contributed by atoms with Crippen LogP contribution in [-0.2, 0) is 0 Å². The molecular weight excluding hydrogens is 400 g/mol. The number of amides is 1. The van der Waals surface area contributed by atoms with Crippen LogP contribution in [0.2, 0.25) is 5.02 Å². The number of nitrogens with one attached hydrogen (secondary N) is 1. The van der Waals surface area contributed by atoms with Crippen LogP contribution in [0, 0.1) is 6.92 Å². The molecule has 27 heavy (non-hydrogen) atoms. The number of aromatic nitrogens is 2. The molecule has 0 unspecified atom stereocenters. The van der Waals surface area contributed by atoms with E-state index >= 15 is 0 Å². The van der Waals surface area contributed by atoms with Gasteiger partial charge in [-0.2, -0.15) is 0 Å². The fourth-order valence-corrected chi connectivity index (χ4v) is 4.70. The van der Waals surface area contributed by atoms with Crippen LogP contribution < -0.4 is 10.2 Å². The first-order valence-electron chi connectivity index (χ1n) is 8.74. The molecule has 1 fully saturated rings. The third kappa shape index (κ3) is 3.63. The van der Waals surface area contributed by atoms with Crippen LogP contribution in [0.4, 0.5) is 11.5 Å². The summed E-state index contributed by atoms with van der Waals surface area (Å²) in [6.45, 7) is 3.89. The van der Waals surface area contributed by atoms with Crippen LogP contribution in [0.15, 0.2) is 29.4 Å². The van der Waals surface area contributed by atoms with Gasteiger partial charge in [0.25, 0.3) is 5.91 Å². The molecule has 0 aliphatic carbocycles. The van der Waals surface area contributed by atoms with Gasteiger partial charge in [0.15, 0.2) is 5.16 Å². The fraction of sp³-hybridized carbons (Fsp3) is 0.316. The summed E-state index contributed by atoms with van der Waals surface area (Å²) in [6.07, 6.45) is 4.31. The lowest BCUT2D eigenvalue weighted by Gasteiger charge is -2.17. The molecule has 1 aliphatic rings. The van der Waals surface area contributed by atoms with Crippen molar-refractivity contribution in [1.82, 2.24) is 9.97 Å². The van der Waals surface area contributed by atoms with Crippen LogP contribution in [0.3, 0.4) is 0 Å². The number of halogens is 1. The van der Waals surface area contributed by atoms with Crippen LogP contribution in [0.25, 0.3) is 10.2 Å². The van der Waals surface area contributed by atoms with E-state index in [0.717, 1.165) is 45.5 Å². The van der Waals surface area contributed by atoms with Gasteiger partial charge in [-0.25, -0.2) is 9.97 Å². The van der Waals surface area contributed by atoms with E-state index in [0.29, 0.717) is 9.90 Å². The number of hydrogen-bond acceptors (Lipinski definition) is 6. The maximum absolute atomic E-state index is 12.8. The van der Waals surface area contributed by atoms with E-state index < -0.39 is 0 Å². The normalized spacial score (nSPS) is 14.1. The number of fused-ring (bicyclic) bond motifs is 1. The first-order valence-corrected chi connectivity index (χ1v) is 11.2. The number of carbonyl (C=O) groups is 1. The molecule has 3 aromatic rings. The number of anilines is 2. The van der Waals surface area contributed by atoms with Gasteiger partial charge >= 0.3 is 0 Å². The van der Waals surface area contributed by atoms with Crippen molar-refractivity contribution in [1.29, 1.82) is 0 Å². The molecule has 0 radical (unpaired) electrons. The van der Waals surface area contributed by atoms with Crippen LogP contribution in [0.1, 0.15) is 28.1 Å². The van der Waals surface area contributed by atoms with Crippen molar-refractivity contribution < 1.29 is 4.79 Å². The summed E-state index contributed by atoms with van der Waals surface area (Å²) in [7, 11) is 0. The summed E-state index contributed by atoms with van der Waals surface area (Å²) in [5.41, 5.74) is 1.58. The molecule has 1 saturated heterocycles. The van der Waals surface area contributed by atoms with Crippen molar-refractivity contribution in [3.05, 3.63) is 39.7 Å². The Morgan fingerprint density at radius 3 is 2.81 bits per heavy atom. The number of benzene rings is 1. The molecular formula is C19H19ClN4OS2. The molecule has 0 bridgehead atoms. The third-order valence-corrected chi connectivity index (χ3v) is 6.66. The minimum atomic E-state index is -0.151. The zero-order chi connectivity index (χ0) is 19.0. The summed E-state index contributed by atoms with van der Waals surface area (Å²) >= 11 is 9.08. The van der Waals surface area contributed by atoms with Crippen molar-refractivity contribution in [3.8, 4) is 0 Å². The number of thioether (sulfide) groups is 1. The third-order valence-electron chi connectivity index (χ3n) is 4.68. The van der Waals surface area contributed by atoms with E-state index in [-0.39, 0.29) is 5.91 Å². The average molecular weight is 419 g/mol. The van der Waals surface area contributed by atoms with E-state index in [2.05, 4.69) is 15.2 Å². The van der Waals surface area contributed by atoms with Gasteiger partial charge in [0, 0.05) is 23.8 Å². The SMILES string of the molecule is CSc1nc(N2CCCC2)c2cc(C(=O)Nc3cccc(Cl)c3C)sc2n1. The van der Waals surface area contributed by atoms with Crippen molar-refractivity contribution in [2.45, 2.75) is 24.9 Å². The molecule has 8 heteroatoms. The Bertz CT molecular complexity index is 1010. The van der Waals surface area contributed by atoms with Crippen LogP contribution >= 0.6 is 34.7 Å². The smallest absolute Gasteiger partial charge is 0.265 e. The van der Waals surface area contributed by atoms with Gasteiger partial charge in [-0.1, -0.05) is 29.4 Å². The monoisotopic (exact) mass is 418 g/mol. The van der Waals surface area contributed by atoms with Crippen molar-refractivity contribution in [2.24, 2.45) is 0 Å². The summed E-state index contributed by atoms with van der Waals surface area (Å²) in [4.78, 5) is 25.9. The zero-order valence-corrected chi connectivity index (χ0v) is 17.5. The molecule has 4 rings (SSSR count). The Kier molecular flexibility index (Phi) is 5.25. The highest BCUT2D eigenvalue weighted by Gasteiger charge is 2.21. The standard InChI is InChI=1S/C19H19ClN4OS2/c1-11-13(20)6-5-7-14(11)21-17(25)15-10-12-16(24-8-3-4-9-24)22-19(26-2)23-18(12)27-15/h5-7,10H,3-4,8-9H2,1-2H3,(H,21,25). The first kappa shape index (κ1) is 18.5. The Balaban J connectivity index is 1.71. The topological polar surface area (TPSA) is 58.1 Å². The van der Waals surface area contributed by atoms with Crippen molar-refractivity contribution >= 4 is 62.3 Å². The fourth-order valence-electron chi connectivity index (χ4n) is 3.19. The first-order chi connectivity index (χ1) is 13.1. The number of nitrogens with zero attached hydrogens (tertiary/aromatic N) is 3. The minimum absolute atomic E-state index is 0.151. The second kappa shape index (κ2) is 7.66. The van der Waals surface area contributed by atoms with Crippen molar-refractivity contribution in [2.75, 3.05) is 29.6 Å². The molecule has 1 amide bonds. The second-order valence-corrected chi connectivity index (χ2v) is 8.64. The van der Waals surface area contributed by atoms with Gasteiger partial charge in [-0.3, -0.25) is 4.79 Å². The Hall–Kier alpha value is -1.83. The van der Waals surface area contributed by atoms with Gasteiger partial charge in [0.1, 0.15) is 10.6 Å². The number of rotatable bonds is 4. The van der Waals surface area contributed by atoms with Crippen molar-refractivity contribution in [3.63, 3.8) is 0 Å². The molecule has 1 aromatic carbocycles. The number of carbonyl (C=O) groups excluding carboxylic acids is 1.